The molecule has 0 unspecified atom stereocenters. The third kappa shape index (κ3) is 2.71. The highest BCUT2D eigenvalue weighted by Crippen LogP contribution is 2.30. The van der Waals surface area contributed by atoms with Gasteiger partial charge in [0.25, 0.3) is 0 Å². The molecule has 0 aliphatic rings. The number of rotatable bonds is 4. The van der Waals surface area contributed by atoms with Gasteiger partial charge in [-0.25, -0.2) is 9.97 Å². The average molecular weight is 300 g/mol. The molecule has 0 atom stereocenters. The van der Waals surface area contributed by atoms with Crippen molar-refractivity contribution in [3.05, 3.63) is 35.0 Å². The maximum Gasteiger partial charge on any atom is 0.152 e. The van der Waals surface area contributed by atoms with E-state index in [2.05, 4.69) is 41.6 Å². The van der Waals surface area contributed by atoms with Gasteiger partial charge in [-0.15, -0.1) is 11.3 Å². The van der Waals surface area contributed by atoms with E-state index in [1.165, 1.54) is 5.52 Å². The summed E-state index contributed by atoms with van der Waals surface area (Å²) < 4.78 is 2.30. The Balaban J connectivity index is 2.21. The van der Waals surface area contributed by atoms with Gasteiger partial charge in [0.15, 0.2) is 5.82 Å². The van der Waals surface area contributed by atoms with Crippen molar-refractivity contribution in [2.75, 3.05) is 0 Å². The fraction of sp³-hybridized carbons (Fsp3) is 0.375. The second-order valence-electron chi connectivity index (χ2n) is 5.71. The third-order valence-electron chi connectivity index (χ3n) is 3.44. The zero-order chi connectivity index (χ0) is 15.0. The Hall–Kier alpha value is -1.72. The van der Waals surface area contributed by atoms with E-state index in [0.29, 0.717) is 12.5 Å². The van der Waals surface area contributed by atoms with Crippen molar-refractivity contribution in [2.24, 2.45) is 11.7 Å². The summed E-state index contributed by atoms with van der Waals surface area (Å²) in [5, 5.41) is 1.07. The molecule has 21 heavy (non-hydrogen) atoms. The lowest BCUT2D eigenvalue weighted by molar-refractivity contribution is 0.537. The molecule has 0 radical (unpaired) electrons. The Morgan fingerprint density at radius 3 is 2.76 bits per heavy atom. The number of thiazole rings is 1. The topological polar surface area (TPSA) is 56.7 Å². The second-order valence-corrected chi connectivity index (χ2v) is 6.95. The fourth-order valence-corrected chi connectivity index (χ4v) is 3.28. The van der Waals surface area contributed by atoms with Crippen LogP contribution in [0.2, 0.25) is 0 Å². The smallest absolute Gasteiger partial charge is 0.152 e. The van der Waals surface area contributed by atoms with Crippen molar-refractivity contribution >= 4 is 22.4 Å². The highest BCUT2D eigenvalue weighted by atomic mass is 32.1. The normalized spacial score (nSPS) is 11.7. The van der Waals surface area contributed by atoms with E-state index >= 15 is 0 Å². The van der Waals surface area contributed by atoms with Crippen LogP contribution in [0.15, 0.2) is 24.4 Å². The molecule has 0 amide bonds. The molecule has 0 bridgehead atoms. The number of benzene rings is 1. The molecule has 2 heterocycles. The monoisotopic (exact) mass is 300 g/mol. The molecule has 0 fully saturated rings. The molecule has 0 saturated carbocycles. The van der Waals surface area contributed by atoms with Gasteiger partial charge in [-0.2, -0.15) is 0 Å². The summed E-state index contributed by atoms with van der Waals surface area (Å²) in [5.41, 5.74) is 9.03. The Kier molecular flexibility index (Phi) is 3.78. The molecule has 3 aromatic rings. The molecule has 2 N–H and O–H groups in total. The van der Waals surface area contributed by atoms with E-state index in [-0.39, 0.29) is 0 Å². The van der Waals surface area contributed by atoms with Crippen molar-refractivity contribution in [3.63, 3.8) is 0 Å². The predicted octanol–water partition coefficient (Wildman–Crippen LogP) is 3.58. The first kappa shape index (κ1) is 14.2. The molecular formula is C16H20N4S. The molecule has 3 rings (SSSR count). The van der Waals surface area contributed by atoms with Gasteiger partial charge in [-0.3, -0.25) is 0 Å². The molecule has 0 aliphatic carbocycles. The van der Waals surface area contributed by atoms with E-state index < -0.39 is 0 Å². The highest BCUT2D eigenvalue weighted by Gasteiger charge is 2.15. The van der Waals surface area contributed by atoms with Crippen LogP contribution in [0.3, 0.4) is 0 Å². The predicted molar refractivity (Wildman–Crippen MR) is 88.3 cm³/mol. The van der Waals surface area contributed by atoms with Crippen molar-refractivity contribution < 1.29 is 0 Å². The van der Waals surface area contributed by atoms with E-state index in [9.17, 15) is 0 Å². The summed E-state index contributed by atoms with van der Waals surface area (Å²) in [6, 6.07) is 6.30. The standard InChI is InChI=1S/C16H20N4S/c1-10(2)9-20-14-5-4-12(7-17)6-13(14)19-16(20)15-8-18-11(3)21-15/h4-6,8,10H,7,9,17H2,1-3H3. The number of nitrogens with two attached hydrogens (primary N) is 1. The summed E-state index contributed by atoms with van der Waals surface area (Å²) in [4.78, 5) is 10.3. The van der Waals surface area contributed by atoms with Crippen molar-refractivity contribution in [1.29, 1.82) is 0 Å². The Morgan fingerprint density at radius 2 is 2.14 bits per heavy atom. The number of hydrogen-bond acceptors (Lipinski definition) is 4. The molecule has 5 heteroatoms. The quantitative estimate of drug-likeness (QED) is 0.801. The first-order valence-electron chi connectivity index (χ1n) is 7.20. The first-order chi connectivity index (χ1) is 10.1. The molecule has 0 aliphatic heterocycles. The van der Waals surface area contributed by atoms with Gasteiger partial charge < -0.3 is 10.3 Å². The summed E-state index contributed by atoms with van der Waals surface area (Å²) in [7, 11) is 0. The summed E-state index contributed by atoms with van der Waals surface area (Å²) in [6.45, 7) is 7.96. The van der Waals surface area contributed by atoms with Crippen molar-refractivity contribution in [1.82, 2.24) is 14.5 Å². The van der Waals surface area contributed by atoms with E-state index in [4.69, 9.17) is 10.7 Å². The zero-order valence-corrected chi connectivity index (χ0v) is 13.4. The summed E-state index contributed by atoms with van der Waals surface area (Å²) in [5.74, 6) is 1.57. The molecule has 110 valence electrons. The van der Waals surface area contributed by atoms with Crippen LogP contribution < -0.4 is 5.73 Å². The van der Waals surface area contributed by atoms with Gasteiger partial charge in [0.2, 0.25) is 0 Å². The Morgan fingerprint density at radius 1 is 1.33 bits per heavy atom. The SMILES string of the molecule is Cc1ncc(-c2nc3cc(CN)ccc3n2CC(C)C)s1. The minimum absolute atomic E-state index is 0.544. The maximum atomic E-state index is 5.74. The Bertz CT molecular complexity index is 770. The molecule has 2 aromatic heterocycles. The van der Waals surface area contributed by atoms with Gasteiger partial charge >= 0.3 is 0 Å². The largest absolute Gasteiger partial charge is 0.326 e. The minimum atomic E-state index is 0.544. The number of imidazole rings is 1. The van der Waals surface area contributed by atoms with Crippen molar-refractivity contribution in [3.8, 4) is 10.7 Å². The lowest BCUT2D eigenvalue weighted by atomic mass is 10.2. The van der Waals surface area contributed by atoms with Crippen molar-refractivity contribution in [2.45, 2.75) is 33.9 Å². The van der Waals surface area contributed by atoms with Crippen LogP contribution in [0.4, 0.5) is 0 Å². The van der Waals surface area contributed by atoms with Crippen LogP contribution in [0.5, 0.6) is 0 Å². The number of nitrogens with zero attached hydrogens (tertiary/aromatic N) is 3. The molecular weight excluding hydrogens is 280 g/mol. The van der Waals surface area contributed by atoms with Crippen LogP contribution in [-0.2, 0) is 13.1 Å². The second kappa shape index (κ2) is 5.58. The lowest BCUT2D eigenvalue weighted by Gasteiger charge is -2.10. The van der Waals surface area contributed by atoms with Gasteiger partial charge in [0.05, 0.1) is 20.9 Å². The highest BCUT2D eigenvalue weighted by molar-refractivity contribution is 7.15. The average Bonchev–Trinajstić information content (AvgIpc) is 3.02. The number of hydrogen-bond donors (Lipinski definition) is 1. The van der Waals surface area contributed by atoms with Gasteiger partial charge in [0, 0.05) is 19.3 Å². The minimum Gasteiger partial charge on any atom is -0.326 e. The number of fused-ring (bicyclic) bond motifs is 1. The zero-order valence-electron chi connectivity index (χ0n) is 12.6. The van der Waals surface area contributed by atoms with Crippen LogP contribution >= 0.6 is 11.3 Å². The number of aromatic nitrogens is 3. The lowest BCUT2D eigenvalue weighted by Crippen LogP contribution is -2.05. The number of aryl methyl sites for hydroxylation is 1. The molecule has 0 spiro atoms. The summed E-state index contributed by atoms with van der Waals surface area (Å²) in [6.07, 6.45) is 1.92. The molecule has 4 nitrogen and oxygen atoms in total. The van der Waals surface area contributed by atoms with Crippen LogP contribution in [0.25, 0.3) is 21.7 Å². The van der Waals surface area contributed by atoms with E-state index in [1.54, 1.807) is 11.3 Å². The van der Waals surface area contributed by atoms with E-state index in [0.717, 1.165) is 33.3 Å². The van der Waals surface area contributed by atoms with Gasteiger partial charge in [0.1, 0.15) is 0 Å². The van der Waals surface area contributed by atoms with Gasteiger partial charge in [-0.1, -0.05) is 19.9 Å². The van der Waals surface area contributed by atoms with E-state index in [1.807, 2.05) is 13.1 Å². The van der Waals surface area contributed by atoms with Crippen LogP contribution in [-0.4, -0.2) is 14.5 Å². The third-order valence-corrected chi connectivity index (χ3v) is 4.35. The maximum absolute atomic E-state index is 5.74. The molecule has 1 aromatic carbocycles. The molecule has 0 saturated heterocycles. The first-order valence-corrected chi connectivity index (χ1v) is 8.02. The van der Waals surface area contributed by atoms with Crippen LogP contribution in [0.1, 0.15) is 24.4 Å². The Labute approximate surface area is 128 Å². The summed E-state index contributed by atoms with van der Waals surface area (Å²) >= 11 is 1.69. The van der Waals surface area contributed by atoms with Crippen LogP contribution in [0, 0.1) is 12.8 Å². The van der Waals surface area contributed by atoms with Gasteiger partial charge in [-0.05, 0) is 30.5 Å². The fourth-order valence-electron chi connectivity index (χ4n) is 2.51.